The van der Waals surface area contributed by atoms with Gasteiger partial charge in [-0.3, -0.25) is 71.5 Å². The zero-order valence-electron chi connectivity index (χ0n) is 60.8. The number of benzene rings is 2. The molecule has 1 saturated heterocycles. The van der Waals surface area contributed by atoms with Gasteiger partial charge in [-0.15, -0.1) is 0 Å². The molecule has 2 aromatic carbocycles. The summed E-state index contributed by atoms with van der Waals surface area (Å²) in [5, 5.41) is 62.2. The van der Waals surface area contributed by atoms with Gasteiger partial charge in [-0.1, -0.05) is 79.7 Å². The minimum absolute atomic E-state index is 0.0621. The highest BCUT2D eigenvalue weighted by Crippen LogP contribution is 2.34. The molecule has 6 rings (SSSR count). The molecule has 0 saturated carbocycles. The Kier molecular flexibility index (Phi) is 31.8. The lowest BCUT2D eigenvalue weighted by atomic mass is 9.85. The molecule has 33 heteroatoms. The van der Waals surface area contributed by atoms with Gasteiger partial charge in [-0.2, -0.15) is 0 Å². The van der Waals surface area contributed by atoms with Crippen LogP contribution in [0.5, 0.6) is 5.75 Å². The minimum atomic E-state index is -2.45. The number of aromatic hydroxyl groups is 1. The molecular formula is C71H106N12O19SSi. The van der Waals surface area contributed by atoms with Crippen molar-refractivity contribution in [2.75, 3.05) is 56.8 Å². The van der Waals surface area contributed by atoms with Crippen molar-refractivity contribution in [2.24, 2.45) is 47.0 Å². The van der Waals surface area contributed by atoms with Crippen LogP contribution in [-0.2, 0) is 85.9 Å². The molecule has 0 radical (unpaired) electrons. The number of nitrogens with zero attached hydrogens (tertiary/aromatic N) is 2. The average Bonchev–Trinajstić information content (AvgIpc) is 1.62. The first-order valence-corrected chi connectivity index (χ1v) is 40.7. The summed E-state index contributed by atoms with van der Waals surface area (Å²) in [5.74, 6) is -17.4. The van der Waals surface area contributed by atoms with Crippen LogP contribution in [0.4, 0.5) is 10.5 Å². The van der Waals surface area contributed by atoms with Gasteiger partial charge < -0.3 is 78.8 Å². The number of ether oxygens (including phenoxy) is 1. The molecule has 2 bridgehead atoms. The third-order valence-corrected chi connectivity index (χ3v) is 22.6. The van der Waals surface area contributed by atoms with Crippen molar-refractivity contribution in [2.45, 2.75) is 198 Å². The van der Waals surface area contributed by atoms with Crippen molar-refractivity contribution in [3.63, 3.8) is 0 Å². The number of rotatable bonds is 27. The summed E-state index contributed by atoms with van der Waals surface area (Å²) in [4.78, 5) is 192. The second kappa shape index (κ2) is 39.1. The Morgan fingerprint density at radius 1 is 0.846 bits per heavy atom. The number of hydrogen-bond donors (Lipinski definition) is 14. The van der Waals surface area contributed by atoms with Crippen LogP contribution in [0.15, 0.2) is 47.5 Å². The number of H-pyrrole nitrogens is 1. The number of aromatic nitrogens is 1. The Morgan fingerprint density at radius 3 is 2.14 bits per heavy atom. The lowest BCUT2D eigenvalue weighted by Crippen LogP contribution is -2.57. The van der Waals surface area contributed by atoms with E-state index in [1.807, 2.05) is 6.92 Å². The molecule has 574 valence electrons. The molecule has 16 N–H and O–H groups in total. The molecule has 14 atom stereocenters. The van der Waals surface area contributed by atoms with Gasteiger partial charge in [0.25, 0.3) is 0 Å². The van der Waals surface area contributed by atoms with Crippen LogP contribution in [0.25, 0.3) is 10.9 Å². The maximum absolute atomic E-state index is 16.0. The molecule has 1 aromatic heterocycles. The summed E-state index contributed by atoms with van der Waals surface area (Å²) in [6, 6.07) is 1.17. The first kappa shape index (κ1) is 84.6. The minimum Gasteiger partial charge on any atom is -0.508 e. The number of urea groups is 1. The second-order valence-corrected chi connectivity index (χ2v) is 36.3. The molecule has 10 amide bonds. The number of nitrogens with two attached hydrogens (primary N) is 2. The monoisotopic (exact) mass is 1490 g/mol. The van der Waals surface area contributed by atoms with Gasteiger partial charge in [-0.05, 0) is 91.8 Å². The van der Waals surface area contributed by atoms with Crippen molar-refractivity contribution in [1.82, 2.24) is 47.1 Å². The molecule has 0 spiro atoms. The summed E-state index contributed by atoms with van der Waals surface area (Å²) in [7, 11) is -4.16. The van der Waals surface area contributed by atoms with Crippen molar-refractivity contribution in [3.05, 3.63) is 53.6 Å². The number of Topliss-reactive ketones (excluding diaryl/α,β-unsaturated/α-hetero) is 4. The number of aliphatic hydroxyl groups is 3. The highest BCUT2D eigenvalue weighted by Gasteiger charge is 2.47. The largest absolute Gasteiger partial charge is 0.508 e. The number of nitrogens with one attached hydrogen (secondary N) is 8. The predicted molar refractivity (Wildman–Crippen MR) is 387 cm³/mol. The van der Waals surface area contributed by atoms with Crippen molar-refractivity contribution < 1.29 is 91.7 Å². The normalized spacial score (nSPS) is 23.9. The van der Waals surface area contributed by atoms with Crippen LogP contribution < -0.4 is 53.6 Å². The summed E-state index contributed by atoms with van der Waals surface area (Å²) in [6.45, 7) is 13.6. The van der Waals surface area contributed by atoms with E-state index in [2.05, 4.69) is 61.8 Å². The van der Waals surface area contributed by atoms with Crippen LogP contribution in [-0.4, -0.2) is 219 Å². The lowest BCUT2D eigenvalue weighted by molar-refractivity contribution is -0.138. The Hall–Kier alpha value is -8.34. The van der Waals surface area contributed by atoms with Crippen LogP contribution in [0.2, 0.25) is 25.7 Å². The quantitative estimate of drug-likeness (QED) is 0.0281. The molecule has 104 heavy (non-hydrogen) atoms. The number of phenols is 1. The number of anilines is 1. The predicted octanol–water partition coefficient (Wildman–Crippen LogP) is 0.525. The van der Waals surface area contributed by atoms with Crippen molar-refractivity contribution >= 4 is 112 Å². The van der Waals surface area contributed by atoms with Gasteiger partial charge in [-0.25, -0.2) is 4.79 Å². The molecule has 3 aliphatic rings. The molecule has 4 heterocycles. The van der Waals surface area contributed by atoms with E-state index in [9.17, 15) is 58.8 Å². The number of primary amides is 2. The fraction of sp³-hybridized carbons (Fsp3) is 0.620. The van der Waals surface area contributed by atoms with E-state index in [0.717, 1.165) is 0 Å². The number of fused-ring (bicyclic) bond motifs is 5. The van der Waals surface area contributed by atoms with Gasteiger partial charge in [0.15, 0.2) is 23.1 Å². The first-order chi connectivity index (χ1) is 49.0. The number of ketones is 4. The maximum atomic E-state index is 16.0. The molecular weight excluding hydrogens is 1380 g/mol. The number of carbonyl (C=O) groups is 13. The third kappa shape index (κ3) is 24.1. The van der Waals surface area contributed by atoms with Crippen LogP contribution in [0, 0.1) is 35.5 Å². The Balaban J connectivity index is 1.54. The molecule has 0 aliphatic carbocycles. The van der Waals surface area contributed by atoms with Crippen LogP contribution in [0.1, 0.15) is 117 Å². The van der Waals surface area contributed by atoms with Gasteiger partial charge in [0.2, 0.25) is 47.3 Å². The Bertz CT molecular complexity index is 3620. The van der Waals surface area contributed by atoms with Gasteiger partial charge >= 0.3 is 6.03 Å². The van der Waals surface area contributed by atoms with E-state index in [4.69, 9.17) is 16.2 Å². The SMILES string of the molecule is CCCC(=O)N[C@@H](C(=O)C[C@H](CCCNC(N)=O)C(=O)N(COCC[Si](C)(C)C)c1ccc(CC2C(=O)[C@H](CC(N)=O)CC(=O)C3C[S@@](=O)c4[nH]c5cc(O)ccc5c4CC(CC(=O)[C@H]([C@@H](C)[C@@H](O)CO)NC(=O)[C@@H]4CC(O)CN24)C(=O)NCC(=O)N[C@@H]([C@@H](C)CC)C(=O)NCC(=O)N3)cc1)C(C)C. The molecule has 3 aromatic rings. The number of aromatic amines is 1. The standard InChI is InChI=1S/C71H106N12O19SSi/c1-10-13-59(92)79-62(38(3)4)55(88)26-42(14-12-21-74-71(73)100)70(99)83(37-102-22-23-104(7,8)9)45-17-15-41(16-18-45)24-52-65(95)43(29-58(72)91)27-54(87)51-36-103(101)69-49(48-20-19-46(85)30-50(48)78-69)25-44(66(96)75-33-61(94)80-63(39(5)11-2)68(98)76-32-60(93)77-51)28-56(89)64(40(6)57(90)35-84)81-67(97)53-31-47(86)34-82(52)53/h15-20,30,38-40,42-44,47,51-53,57,62-64,78,84-86,90H,10-14,21-29,31-37H2,1-9H3,(H2,72,91)(H,75,96)(H,76,98)(H,77,93)(H,79,92)(H,80,94)(H,81,97)(H3,73,74,100)/t39-,40-,42-,43-,44?,47?,51?,52?,53-,57-,62+,63-,64-,103+/m0/s1. The van der Waals surface area contributed by atoms with Gasteiger partial charge in [0, 0.05) is 101 Å². The van der Waals surface area contributed by atoms with Crippen molar-refractivity contribution in [1.29, 1.82) is 0 Å². The fourth-order valence-corrected chi connectivity index (χ4v) is 15.4. The zero-order valence-corrected chi connectivity index (χ0v) is 62.7. The Morgan fingerprint density at radius 2 is 1.52 bits per heavy atom. The van der Waals surface area contributed by atoms with Gasteiger partial charge in [0.05, 0.1) is 84.2 Å². The number of aliphatic hydroxyl groups excluding tert-OH is 3. The highest BCUT2D eigenvalue weighted by atomic mass is 32.2. The summed E-state index contributed by atoms with van der Waals surface area (Å²) in [6.07, 6.45) is -5.87. The topological polar surface area (TPSA) is 488 Å². The molecule has 4 unspecified atom stereocenters. The number of amides is 10. The number of carbonyl (C=O) groups excluding carboxylic acids is 13. The van der Waals surface area contributed by atoms with Crippen LogP contribution >= 0.6 is 0 Å². The number of phenolic OH excluding ortho intramolecular Hbond substituents is 1. The van der Waals surface area contributed by atoms with E-state index in [-0.39, 0.29) is 96.7 Å². The van der Waals surface area contributed by atoms with E-state index < -0.39 is 232 Å². The van der Waals surface area contributed by atoms with E-state index in [1.54, 1.807) is 52.0 Å². The molecule has 3 aliphatic heterocycles. The second-order valence-electron chi connectivity index (χ2n) is 29.2. The zero-order chi connectivity index (χ0) is 77.0. The smallest absolute Gasteiger partial charge is 0.312 e. The van der Waals surface area contributed by atoms with Gasteiger partial charge in [0.1, 0.15) is 23.5 Å². The van der Waals surface area contributed by atoms with E-state index in [0.29, 0.717) is 24.4 Å². The van der Waals surface area contributed by atoms with E-state index in [1.165, 1.54) is 34.9 Å². The average molecular weight is 1490 g/mol. The summed E-state index contributed by atoms with van der Waals surface area (Å²) >= 11 is 0. The Labute approximate surface area is 608 Å². The highest BCUT2D eigenvalue weighted by molar-refractivity contribution is 7.85. The number of hydrogen-bond acceptors (Lipinski definition) is 20. The molecule has 1 fully saturated rings. The summed E-state index contributed by atoms with van der Waals surface area (Å²) < 4.78 is 21.5. The first-order valence-electron chi connectivity index (χ1n) is 35.6. The third-order valence-electron chi connectivity index (χ3n) is 19.5. The van der Waals surface area contributed by atoms with Crippen molar-refractivity contribution in [3.8, 4) is 5.75 Å². The van der Waals surface area contributed by atoms with E-state index >= 15 is 28.2 Å². The summed E-state index contributed by atoms with van der Waals surface area (Å²) in [5.41, 5.74) is 12.1. The lowest BCUT2D eigenvalue weighted by Gasteiger charge is -2.35. The fourth-order valence-electron chi connectivity index (χ4n) is 13.2. The molecule has 31 nitrogen and oxygen atoms in total. The maximum Gasteiger partial charge on any atom is 0.312 e. The van der Waals surface area contributed by atoms with Crippen LogP contribution in [0.3, 0.4) is 0 Å².